The van der Waals surface area contributed by atoms with Gasteiger partial charge in [0.25, 0.3) is 0 Å². The smallest absolute Gasteiger partial charge is 0.0628 e. The number of nitriles is 1. The number of nitrogens with zero attached hydrogens (tertiary/aromatic N) is 2. The average molecular weight is 194 g/mol. The van der Waals surface area contributed by atoms with Gasteiger partial charge in [-0.2, -0.15) is 5.26 Å². The lowest BCUT2D eigenvalue weighted by Gasteiger charge is -2.28. The van der Waals surface area contributed by atoms with Crippen LogP contribution in [0.5, 0.6) is 0 Å². The first-order valence-corrected chi connectivity index (χ1v) is 5.71. The molecule has 0 saturated heterocycles. The highest BCUT2D eigenvalue weighted by Gasteiger charge is 2.43. The quantitative estimate of drug-likeness (QED) is 0.650. The SMILES string of the molecule is CCCC(C)N(C)CC1(CC#N)CC1. The van der Waals surface area contributed by atoms with Gasteiger partial charge in [0, 0.05) is 19.0 Å². The summed E-state index contributed by atoms with van der Waals surface area (Å²) in [5, 5.41) is 8.73. The van der Waals surface area contributed by atoms with Crippen LogP contribution in [0, 0.1) is 16.7 Å². The van der Waals surface area contributed by atoms with Crippen LogP contribution in [0.25, 0.3) is 0 Å². The summed E-state index contributed by atoms with van der Waals surface area (Å²) in [5.74, 6) is 0. The van der Waals surface area contributed by atoms with Crippen molar-refractivity contribution in [3.05, 3.63) is 0 Å². The van der Waals surface area contributed by atoms with Gasteiger partial charge in [-0.15, -0.1) is 0 Å². The van der Waals surface area contributed by atoms with Gasteiger partial charge in [-0.05, 0) is 38.6 Å². The standard InChI is InChI=1S/C12H22N2/c1-4-5-11(2)14(3)10-12(6-7-12)8-9-13/h11H,4-8,10H2,1-3H3. The molecule has 1 unspecified atom stereocenters. The van der Waals surface area contributed by atoms with Gasteiger partial charge >= 0.3 is 0 Å². The highest BCUT2D eigenvalue weighted by atomic mass is 15.1. The lowest BCUT2D eigenvalue weighted by Crippen LogP contribution is -2.34. The third-order valence-electron chi connectivity index (χ3n) is 3.45. The molecule has 80 valence electrons. The van der Waals surface area contributed by atoms with Gasteiger partial charge in [-0.3, -0.25) is 0 Å². The maximum Gasteiger partial charge on any atom is 0.0628 e. The Hall–Kier alpha value is -0.550. The molecule has 0 heterocycles. The monoisotopic (exact) mass is 194 g/mol. The van der Waals surface area contributed by atoms with Gasteiger partial charge in [-0.1, -0.05) is 13.3 Å². The van der Waals surface area contributed by atoms with Gasteiger partial charge < -0.3 is 4.90 Å². The molecule has 1 fully saturated rings. The van der Waals surface area contributed by atoms with E-state index in [1.165, 1.54) is 25.7 Å². The zero-order valence-electron chi connectivity index (χ0n) is 9.71. The van der Waals surface area contributed by atoms with Crippen molar-refractivity contribution in [1.29, 1.82) is 5.26 Å². The van der Waals surface area contributed by atoms with Crippen molar-refractivity contribution in [2.75, 3.05) is 13.6 Å². The van der Waals surface area contributed by atoms with Crippen LogP contribution in [0.2, 0.25) is 0 Å². The Morgan fingerprint density at radius 1 is 1.50 bits per heavy atom. The van der Waals surface area contributed by atoms with Crippen molar-refractivity contribution in [2.24, 2.45) is 5.41 Å². The molecule has 2 nitrogen and oxygen atoms in total. The second-order valence-electron chi connectivity index (χ2n) is 4.89. The van der Waals surface area contributed by atoms with E-state index >= 15 is 0 Å². The number of hydrogen-bond donors (Lipinski definition) is 0. The molecule has 0 spiro atoms. The predicted octanol–water partition coefficient (Wildman–Crippen LogP) is 2.80. The second kappa shape index (κ2) is 4.79. The predicted molar refractivity (Wildman–Crippen MR) is 58.9 cm³/mol. The Labute approximate surface area is 87.9 Å². The van der Waals surface area contributed by atoms with E-state index in [0.717, 1.165) is 13.0 Å². The molecule has 1 aliphatic carbocycles. The van der Waals surface area contributed by atoms with E-state index < -0.39 is 0 Å². The average Bonchev–Trinajstić information content (AvgIpc) is 2.86. The fraction of sp³-hybridized carbons (Fsp3) is 0.917. The summed E-state index contributed by atoms with van der Waals surface area (Å²) in [4.78, 5) is 2.42. The molecule has 0 aromatic rings. The van der Waals surface area contributed by atoms with Crippen LogP contribution in [0.15, 0.2) is 0 Å². The lowest BCUT2D eigenvalue weighted by molar-refractivity contribution is 0.199. The summed E-state index contributed by atoms with van der Waals surface area (Å²) in [6.07, 6.45) is 5.76. The Balaban J connectivity index is 2.33. The Morgan fingerprint density at radius 2 is 2.14 bits per heavy atom. The first-order valence-electron chi connectivity index (χ1n) is 5.71. The maximum atomic E-state index is 8.73. The topological polar surface area (TPSA) is 27.0 Å². The minimum atomic E-state index is 0.367. The molecule has 1 rings (SSSR count). The highest BCUT2D eigenvalue weighted by molar-refractivity contribution is 5.01. The maximum absolute atomic E-state index is 8.73. The third-order valence-corrected chi connectivity index (χ3v) is 3.45. The minimum Gasteiger partial charge on any atom is -0.303 e. The number of hydrogen-bond acceptors (Lipinski definition) is 2. The molecular formula is C12H22N2. The Kier molecular flexibility index (Phi) is 3.95. The summed E-state index contributed by atoms with van der Waals surface area (Å²) in [6, 6.07) is 2.98. The Morgan fingerprint density at radius 3 is 2.57 bits per heavy atom. The van der Waals surface area contributed by atoms with E-state index in [1.807, 2.05) is 0 Å². The van der Waals surface area contributed by atoms with E-state index in [1.54, 1.807) is 0 Å². The highest BCUT2D eigenvalue weighted by Crippen LogP contribution is 2.49. The summed E-state index contributed by atoms with van der Waals surface area (Å²) >= 11 is 0. The molecule has 0 aliphatic heterocycles. The normalized spacial score (nSPS) is 20.5. The van der Waals surface area contributed by atoms with Gasteiger partial charge in [0.05, 0.1) is 6.07 Å². The molecule has 0 amide bonds. The van der Waals surface area contributed by atoms with E-state index in [2.05, 4.69) is 31.9 Å². The fourth-order valence-corrected chi connectivity index (χ4v) is 2.06. The van der Waals surface area contributed by atoms with E-state index in [0.29, 0.717) is 11.5 Å². The van der Waals surface area contributed by atoms with E-state index in [9.17, 15) is 0 Å². The van der Waals surface area contributed by atoms with Crippen molar-refractivity contribution in [3.63, 3.8) is 0 Å². The van der Waals surface area contributed by atoms with Crippen LogP contribution in [-0.4, -0.2) is 24.5 Å². The van der Waals surface area contributed by atoms with Crippen LogP contribution in [0.3, 0.4) is 0 Å². The summed E-state index contributed by atoms with van der Waals surface area (Å²) in [5.41, 5.74) is 0.367. The molecule has 0 bridgehead atoms. The van der Waals surface area contributed by atoms with Crippen molar-refractivity contribution < 1.29 is 0 Å². The zero-order chi connectivity index (χ0) is 10.6. The molecule has 0 aromatic carbocycles. The Bertz CT molecular complexity index is 213. The van der Waals surface area contributed by atoms with Gasteiger partial charge in [-0.25, -0.2) is 0 Å². The van der Waals surface area contributed by atoms with Gasteiger partial charge in [0.2, 0.25) is 0 Å². The molecule has 1 atom stereocenters. The number of rotatable bonds is 6. The molecule has 14 heavy (non-hydrogen) atoms. The van der Waals surface area contributed by atoms with Crippen LogP contribution in [0.1, 0.15) is 46.0 Å². The summed E-state index contributed by atoms with van der Waals surface area (Å²) < 4.78 is 0. The molecule has 0 aromatic heterocycles. The van der Waals surface area contributed by atoms with Crippen LogP contribution < -0.4 is 0 Å². The molecule has 1 aliphatic rings. The largest absolute Gasteiger partial charge is 0.303 e. The van der Waals surface area contributed by atoms with Crippen LogP contribution in [-0.2, 0) is 0 Å². The molecular weight excluding hydrogens is 172 g/mol. The van der Waals surface area contributed by atoms with E-state index in [-0.39, 0.29) is 0 Å². The fourth-order valence-electron chi connectivity index (χ4n) is 2.06. The van der Waals surface area contributed by atoms with Crippen LogP contribution >= 0.6 is 0 Å². The second-order valence-corrected chi connectivity index (χ2v) is 4.89. The van der Waals surface area contributed by atoms with Gasteiger partial charge in [0.1, 0.15) is 0 Å². The summed E-state index contributed by atoms with van der Waals surface area (Å²) in [6.45, 7) is 5.63. The summed E-state index contributed by atoms with van der Waals surface area (Å²) in [7, 11) is 2.19. The van der Waals surface area contributed by atoms with Crippen molar-refractivity contribution in [3.8, 4) is 6.07 Å². The first kappa shape index (κ1) is 11.5. The molecule has 0 N–H and O–H groups in total. The van der Waals surface area contributed by atoms with Gasteiger partial charge in [0.15, 0.2) is 0 Å². The molecule has 1 saturated carbocycles. The lowest BCUT2D eigenvalue weighted by atomic mass is 10.0. The minimum absolute atomic E-state index is 0.367. The van der Waals surface area contributed by atoms with Crippen LogP contribution in [0.4, 0.5) is 0 Å². The molecule has 0 radical (unpaired) electrons. The third kappa shape index (κ3) is 2.99. The van der Waals surface area contributed by atoms with Crippen molar-refractivity contribution in [1.82, 2.24) is 4.90 Å². The van der Waals surface area contributed by atoms with Crippen molar-refractivity contribution in [2.45, 2.75) is 52.0 Å². The molecule has 2 heteroatoms. The zero-order valence-corrected chi connectivity index (χ0v) is 9.71. The first-order chi connectivity index (χ1) is 6.63. The van der Waals surface area contributed by atoms with E-state index in [4.69, 9.17) is 5.26 Å². The van der Waals surface area contributed by atoms with Crippen molar-refractivity contribution >= 4 is 0 Å².